The Kier molecular flexibility index (Phi) is 5.57. The van der Waals surface area contributed by atoms with Gasteiger partial charge in [0, 0.05) is 10.7 Å². The van der Waals surface area contributed by atoms with E-state index in [-0.39, 0.29) is 23.5 Å². The maximum atomic E-state index is 12.6. The zero-order valence-corrected chi connectivity index (χ0v) is 13.5. The average molecular weight is 322 g/mol. The monoisotopic (exact) mass is 321 g/mol. The van der Waals surface area contributed by atoms with Crippen molar-refractivity contribution in [2.75, 3.05) is 13.1 Å². The normalized spacial score (nSPS) is 10.9. The van der Waals surface area contributed by atoms with Gasteiger partial charge < -0.3 is 5.32 Å². The highest BCUT2D eigenvalue weighted by Crippen LogP contribution is 2.14. The van der Waals surface area contributed by atoms with Crippen LogP contribution in [0.1, 0.15) is 36.3 Å². The van der Waals surface area contributed by atoms with Crippen LogP contribution in [0.15, 0.2) is 29.1 Å². The molecule has 1 aromatic heterocycles. The van der Waals surface area contributed by atoms with Crippen LogP contribution in [-0.4, -0.2) is 28.7 Å². The van der Waals surface area contributed by atoms with Gasteiger partial charge >= 0.3 is 0 Å². The first-order valence-corrected chi connectivity index (χ1v) is 7.80. The van der Waals surface area contributed by atoms with E-state index in [9.17, 15) is 9.59 Å². The van der Waals surface area contributed by atoms with Gasteiger partial charge in [0.15, 0.2) is 5.78 Å². The van der Waals surface area contributed by atoms with Crippen molar-refractivity contribution in [3.05, 3.63) is 50.9 Å². The minimum absolute atomic E-state index is 0.170. The summed E-state index contributed by atoms with van der Waals surface area (Å²) in [5.74, 6) is -0.188. The van der Waals surface area contributed by atoms with E-state index in [1.165, 1.54) is 4.68 Å². The number of carbonyl (C=O) groups excluding carboxylic acids is 1. The van der Waals surface area contributed by atoms with E-state index in [1.807, 2.05) is 13.8 Å². The maximum Gasteiger partial charge on any atom is 0.282 e. The van der Waals surface area contributed by atoms with Crippen LogP contribution < -0.4 is 10.9 Å². The van der Waals surface area contributed by atoms with Crippen molar-refractivity contribution in [3.8, 4) is 5.69 Å². The number of hydrogen-bond acceptors (Lipinski definition) is 3. The molecule has 0 aliphatic heterocycles. The number of halogens is 1. The molecule has 0 aliphatic carbocycles. The molecule has 0 saturated heterocycles. The first-order valence-electron chi connectivity index (χ1n) is 7.42. The third-order valence-corrected chi connectivity index (χ3v) is 3.61. The molecule has 0 radical (unpaired) electrons. The Balaban J connectivity index is 2.39. The van der Waals surface area contributed by atoms with E-state index >= 15 is 0 Å². The highest BCUT2D eigenvalue weighted by molar-refractivity contribution is 6.30. The Labute approximate surface area is 134 Å². The highest BCUT2D eigenvalue weighted by Gasteiger charge is 2.20. The Hall–Kier alpha value is -1.85. The van der Waals surface area contributed by atoms with Gasteiger partial charge in [-0.1, -0.05) is 31.5 Å². The smallest absolute Gasteiger partial charge is 0.282 e. The molecule has 0 amide bonds. The molecule has 6 heteroatoms. The van der Waals surface area contributed by atoms with Crippen LogP contribution in [0.3, 0.4) is 0 Å². The molecule has 0 atom stereocenters. The Morgan fingerprint density at radius 1 is 1.36 bits per heavy atom. The Morgan fingerprint density at radius 2 is 2.14 bits per heavy atom. The van der Waals surface area contributed by atoms with Gasteiger partial charge in [0.25, 0.3) is 5.56 Å². The summed E-state index contributed by atoms with van der Waals surface area (Å²) in [6.45, 7) is 4.85. The van der Waals surface area contributed by atoms with Crippen molar-refractivity contribution >= 4 is 17.4 Å². The number of aromatic nitrogens is 2. The second kappa shape index (κ2) is 7.42. The van der Waals surface area contributed by atoms with Crippen LogP contribution in [0.4, 0.5) is 0 Å². The number of nitrogens with zero attached hydrogens (tertiary/aromatic N) is 1. The number of carbonyl (C=O) groups is 1. The van der Waals surface area contributed by atoms with Crippen molar-refractivity contribution in [1.29, 1.82) is 0 Å². The van der Waals surface area contributed by atoms with Crippen molar-refractivity contribution in [1.82, 2.24) is 15.1 Å². The molecule has 2 rings (SSSR count). The molecule has 0 aliphatic rings. The lowest BCUT2D eigenvalue weighted by atomic mass is 10.1. The fraction of sp³-hybridized carbons (Fsp3) is 0.375. The number of ketones is 1. The SMILES string of the molecule is CCCNCC(=O)c1c(CC)[nH]n(-c2cccc(Cl)c2)c1=O. The standard InChI is InChI=1S/C16H20ClN3O2/c1-3-8-18-10-14(21)15-13(4-2)19-20(16(15)22)12-7-5-6-11(17)9-12/h5-7,9,18-19H,3-4,8,10H2,1-2H3. The molecule has 0 bridgehead atoms. The molecule has 0 unspecified atom stereocenters. The zero-order valence-electron chi connectivity index (χ0n) is 12.8. The first-order chi connectivity index (χ1) is 10.6. The molecule has 118 valence electrons. The molecular weight excluding hydrogens is 302 g/mol. The van der Waals surface area contributed by atoms with Gasteiger partial charge in [0.1, 0.15) is 5.56 Å². The lowest BCUT2D eigenvalue weighted by molar-refractivity contribution is 0.0989. The van der Waals surface area contributed by atoms with Crippen LogP contribution in [0.5, 0.6) is 0 Å². The molecule has 22 heavy (non-hydrogen) atoms. The predicted molar refractivity (Wildman–Crippen MR) is 88.3 cm³/mol. The van der Waals surface area contributed by atoms with Crippen LogP contribution in [-0.2, 0) is 6.42 Å². The fourth-order valence-corrected chi connectivity index (χ4v) is 2.47. The summed E-state index contributed by atoms with van der Waals surface area (Å²) in [5, 5.41) is 6.59. The first kappa shape index (κ1) is 16.5. The summed E-state index contributed by atoms with van der Waals surface area (Å²) in [6.07, 6.45) is 1.52. The number of aryl methyl sites for hydroxylation is 1. The van der Waals surface area contributed by atoms with E-state index in [1.54, 1.807) is 24.3 Å². The lowest BCUT2D eigenvalue weighted by Gasteiger charge is -2.01. The number of rotatable bonds is 7. The topological polar surface area (TPSA) is 66.9 Å². The summed E-state index contributed by atoms with van der Waals surface area (Å²) >= 11 is 5.97. The van der Waals surface area contributed by atoms with Crippen LogP contribution >= 0.6 is 11.6 Å². The minimum Gasteiger partial charge on any atom is -0.310 e. The third-order valence-electron chi connectivity index (χ3n) is 3.38. The van der Waals surface area contributed by atoms with Crippen molar-refractivity contribution in [2.45, 2.75) is 26.7 Å². The molecule has 1 aromatic carbocycles. The third kappa shape index (κ3) is 3.48. The van der Waals surface area contributed by atoms with E-state index in [2.05, 4.69) is 10.4 Å². The summed E-state index contributed by atoms with van der Waals surface area (Å²) in [4.78, 5) is 24.9. The van der Waals surface area contributed by atoms with Gasteiger partial charge in [0.05, 0.1) is 12.2 Å². The molecule has 0 saturated carbocycles. The number of H-pyrrole nitrogens is 1. The number of nitrogens with one attached hydrogen (secondary N) is 2. The number of Topliss-reactive ketones (excluding diaryl/α,β-unsaturated/α-hetero) is 1. The summed E-state index contributed by atoms with van der Waals surface area (Å²) in [5.41, 5.74) is 1.16. The quantitative estimate of drug-likeness (QED) is 0.608. The number of benzene rings is 1. The molecule has 0 spiro atoms. The van der Waals surface area contributed by atoms with Crippen molar-refractivity contribution < 1.29 is 4.79 Å². The molecule has 2 N–H and O–H groups in total. The van der Waals surface area contributed by atoms with Gasteiger partial charge in [-0.2, -0.15) is 0 Å². The van der Waals surface area contributed by atoms with Crippen molar-refractivity contribution in [2.24, 2.45) is 0 Å². The van der Waals surface area contributed by atoms with E-state index < -0.39 is 0 Å². The lowest BCUT2D eigenvalue weighted by Crippen LogP contribution is -2.28. The van der Waals surface area contributed by atoms with E-state index in [0.717, 1.165) is 13.0 Å². The fourth-order valence-electron chi connectivity index (χ4n) is 2.29. The molecule has 2 aromatic rings. The van der Waals surface area contributed by atoms with Crippen LogP contribution in [0.25, 0.3) is 5.69 Å². The number of aromatic amines is 1. The van der Waals surface area contributed by atoms with Gasteiger partial charge in [-0.05, 0) is 37.6 Å². The molecule has 0 fully saturated rings. The zero-order chi connectivity index (χ0) is 16.1. The minimum atomic E-state index is -0.331. The van der Waals surface area contributed by atoms with Gasteiger partial charge in [-0.3, -0.25) is 14.7 Å². The van der Waals surface area contributed by atoms with Crippen LogP contribution in [0.2, 0.25) is 5.02 Å². The van der Waals surface area contributed by atoms with Crippen molar-refractivity contribution in [3.63, 3.8) is 0 Å². The Bertz CT molecular complexity index is 718. The van der Waals surface area contributed by atoms with Gasteiger partial charge in [0.2, 0.25) is 0 Å². The summed E-state index contributed by atoms with van der Waals surface area (Å²) < 4.78 is 1.37. The second-order valence-corrected chi connectivity index (χ2v) is 5.48. The molecular formula is C16H20ClN3O2. The van der Waals surface area contributed by atoms with E-state index in [4.69, 9.17) is 11.6 Å². The predicted octanol–water partition coefficient (Wildman–Crippen LogP) is 2.56. The molecule has 5 nitrogen and oxygen atoms in total. The van der Waals surface area contributed by atoms with Gasteiger partial charge in [-0.25, -0.2) is 4.68 Å². The maximum absolute atomic E-state index is 12.6. The van der Waals surface area contributed by atoms with Crippen LogP contribution in [0, 0.1) is 0 Å². The highest BCUT2D eigenvalue weighted by atomic mass is 35.5. The second-order valence-electron chi connectivity index (χ2n) is 5.04. The van der Waals surface area contributed by atoms with E-state index in [0.29, 0.717) is 22.8 Å². The van der Waals surface area contributed by atoms with Gasteiger partial charge in [-0.15, -0.1) is 0 Å². The average Bonchev–Trinajstić information content (AvgIpc) is 2.84. The number of hydrogen-bond donors (Lipinski definition) is 2. The summed E-state index contributed by atoms with van der Waals surface area (Å²) in [6, 6.07) is 6.96. The molecule has 1 heterocycles. The summed E-state index contributed by atoms with van der Waals surface area (Å²) in [7, 11) is 0. The Morgan fingerprint density at radius 3 is 2.77 bits per heavy atom. The largest absolute Gasteiger partial charge is 0.310 e.